The van der Waals surface area contributed by atoms with Crippen molar-refractivity contribution in [3.8, 4) is 0 Å². The van der Waals surface area contributed by atoms with Gasteiger partial charge in [-0.2, -0.15) is 11.8 Å². The molecule has 1 aromatic rings. The molecule has 88 valence electrons. The van der Waals surface area contributed by atoms with Crippen LogP contribution in [0.4, 0.5) is 8.78 Å². The van der Waals surface area contributed by atoms with E-state index in [-0.39, 0.29) is 6.04 Å². The summed E-state index contributed by atoms with van der Waals surface area (Å²) in [5.74, 6) is 0.119. The van der Waals surface area contributed by atoms with Crippen molar-refractivity contribution in [2.45, 2.75) is 30.6 Å². The third-order valence-electron chi connectivity index (χ3n) is 2.91. The lowest BCUT2D eigenvalue weighted by molar-refractivity contribution is 0.550. The van der Waals surface area contributed by atoms with E-state index in [1.54, 1.807) is 0 Å². The van der Waals surface area contributed by atoms with E-state index in [2.05, 4.69) is 0 Å². The van der Waals surface area contributed by atoms with Crippen molar-refractivity contribution in [1.29, 1.82) is 0 Å². The molecule has 1 aromatic carbocycles. The molecular weight excluding hydrogens is 228 g/mol. The maximum Gasteiger partial charge on any atom is 0.129 e. The summed E-state index contributed by atoms with van der Waals surface area (Å²) in [7, 11) is 0. The molecule has 0 saturated carbocycles. The molecule has 0 aliphatic carbocycles. The summed E-state index contributed by atoms with van der Waals surface area (Å²) in [5, 5.41) is 0.421. The number of hydrogen-bond acceptors (Lipinski definition) is 2. The van der Waals surface area contributed by atoms with Gasteiger partial charge in [-0.3, -0.25) is 0 Å². The fraction of sp³-hybridized carbons (Fsp3) is 0.500. The van der Waals surface area contributed by atoms with Crippen LogP contribution in [-0.4, -0.2) is 17.0 Å². The van der Waals surface area contributed by atoms with Crippen molar-refractivity contribution in [3.63, 3.8) is 0 Å². The number of rotatable bonds is 3. The Bertz CT molecular complexity index is 364. The van der Waals surface area contributed by atoms with Crippen LogP contribution in [0.5, 0.6) is 0 Å². The second-order valence-corrected chi connectivity index (χ2v) is 5.50. The molecule has 1 saturated heterocycles. The van der Waals surface area contributed by atoms with Gasteiger partial charge in [0.05, 0.1) is 0 Å². The predicted octanol–water partition coefficient (Wildman–Crippen LogP) is 2.73. The van der Waals surface area contributed by atoms with Gasteiger partial charge in [0.25, 0.3) is 0 Å². The fourth-order valence-electron chi connectivity index (χ4n) is 2.01. The van der Waals surface area contributed by atoms with E-state index in [1.807, 2.05) is 11.8 Å². The molecule has 0 bridgehead atoms. The van der Waals surface area contributed by atoms with Crippen LogP contribution in [0.15, 0.2) is 18.2 Å². The van der Waals surface area contributed by atoms with Crippen molar-refractivity contribution in [2.75, 3.05) is 5.75 Å². The Morgan fingerprint density at radius 3 is 2.88 bits per heavy atom. The molecule has 2 rings (SSSR count). The largest absolute Gasteiger partial charge is 0.326 e. The van der Waals surface area contributed by atoms with E-state index < -0.39 is 11.6 Å². The molecule has 1 aliphatic heterocycles. The van der Waals surface area contributed by atoms with E-state index in [0.29, 0.717) is 17.2 Å². The quantitative estimate of drug-likeness (QED) is 0.883. The smallest absolute Gasteiger partial charge is 0.129 e. The molecule has 1 fully saturated rings. The maximum absolute atomic E-state index is 13.4. The highest BCUT2D eigenvalue weighted by Gasteiger charge is 2.23. The lowest BCUT2D eigenvalue weighted by Gasteiger charge is -2.18. The highest BCUT2D eigenvalue weighted by atomic mass is 32.2. The van der Waals surface area contributed by atoms with Crippen LogP contribution in [0.2, 0.25) is 0 Å². The normalized spacial score (nSPS) is 22.3. The topological polar surface area (TPSA) is 26.0 Å². The summed E-state index contributed by atoms with van der Waals surface area (Å²) in [6.45, 7) is 0. The van der Waals surface area contributed by atoms with Gasteiger partial charge in [0.15, 0.2) is 0 Å². The van der Waals surface area contributed by atoms with Gasteiger partial charge in [-0.05, 0) is 36.6 Å². The van der Waals surface area contributed by atoms with Crippen molar-refractivity contribution >= 4 is 11.8 Å². The summed E-state index contributed by atoms with van der Waals surface area (Å²) in [6, 6.07) is 3.66. The van der Waals surface area contributed by atoms with E-state index in [9.17, 15) is 8.78 Å². The number of thioether (sulfide) groups is 1. The Hall–Kier alpha value is -0.610. The minimum absolute atomic E-state index is 0.0348. The minimum Gasteiger partial charge on any atom is -0.326 e. The first-order valence-electron chi connectivity index (χ1n) is 5.48. The molecule has 2 unspecified atom stereocenters. The summed E-state index contributed by atoms with van der Waals surface area (Å²) in [5.41, 5.74) is 6.55. The molecular formula is C12H15F2NS. The Kier molecular flexibility index (Phi) is 3.82. The van der Waals surface area contributed by atoms with Crippen molar-refractivity contribution in [2.24, 2.45) is 5.73 Å². The molecule has 0 aromatic heterocycles. The lowest BCUT2D eigenvalue weighted by Crippen LogP contribution is -2.33. The van der Waals surface area contributed by atoms with Crippen molar-refractivity contribution in [1.82, 2.24) is 0 Å². The van der Waals surface area contributed by atoms with Crippen LogP contribution < -0.4 is 5.73 Å². The summed E-state index contributed by atoms with van der Waals surface area (Å²) < 4.78 is 26.1. The van der Waals surface area contributed by atoms with E-state index in [4.69, 9.17) is 5.73 Å². The van der Waals surface area contributed by atoms with E-state index in [0.717, 1.165) is 18.2 Å². The molecule has 2 N–H and O–H groups in total. The van der Waals surface area contributed by atoms with Crippen LogP contribution in [0.25, 0.3) is 0 Å². The van der Waals surface area contributed by atoms with Gasteiger partial charge in [-0.15, -0.1) is 0 Å². The molecule has 0 spiro atoms. The van der Waals surface area contributed by atoms with Crippen molar-refractivity contribution < 1.29 is 8.78 Å². The van der Waals surface area contributed by atoms with Gasteiger partial charge in [0.1, 0.15) is 11.6 Å². The minimum atomic E-state index is -0.537. The number of nitrogens with two attached hydrogens (primary N) is 1. The Labute approximate surface area is 98.4 Å². The molecule has 2 atom stereocenters. The van der Waals surface area contributed by atoms with Crippen LogP contribution in [0, 0.1) is 11.6 Å². The van der Waals surface area contributed by atoms with E-state index in [1.165, 1.54) is 18.6 Å². The molecule has 0 radical (unpaired) electrons. The molecule has 4 heteroatoms. The first-order chi connectivity index (χ1) is 7.66. The van der Waals surface area contributed by atoms with Gasteiger partial charge in [-0.1, -0.05) is 6.07 Å². The first-order valence-corrected chi connectivity index (χ1v) is 6.53. The fourth-order valence-corrected chi connectivity index (χ4v) is 3.33. The SMILES string of the molecule is NC(Cc1ccc(F)cc1F)C1CCCS1. The number of halogens is 2. The number of hydrogen-bond donors (Lipinski definition) is 1. The van der Waals surface area contributed by atoms with Crippen LogP contribution in [0.3, 0.4) is 0 Å². The summed E-state index contributed by atoms with van der Waals surface area (Å²) in [4.78, 5) is 0. The second kappa shape index (κ2) is 5.15. The summed E-state index contributed by atoms with van der Waals surface area (Å²) >= 11 is 1.86. The van der Waals surface area contributed by atoms with Gasteiger partial charge >= 0.3 is 0 Å². The molecule has 1 heterocycles. The number of benzene rings is 1. The monoisotopic (exact) mass is 243 g/mol. The predicted molar refractivity (Wildman–Crippen MR) is 63.5 cm³/mol. The van der Waals surface area contributed by atoms with Crippen molar-refractivity contribution in [3.05, 3.63) is 35.4 Å². The molecule has 0 amide bonds. The summed E-state index contributed by atoms with van der Waals surface area (Å²) in [6.07, 6.45) is 2.79. The highest BCUT2D eigenvalue weighted by molar-refractivity contribution is 8.00. The zero-order valence-electron chi connectivity index (χ0n) is 8.96. The van der Waals surface area contributed by atoms with Gasteiger partial charge in [0, 0.05) is 17.4 Å². The van der Waals surface area contributed by atoms with E-state index >= 15 is 0 Å². The van der Waals surface area contributed by atoms with Gasteiger partial charge < -0.3 is 5.73 Å². The Morgan fingerprint density at radius 2 is 2.25 bits per heavy atom. The zero-order chi connectivity index (χ0) is 11.5. The van der Waals surface area contributed by atoms with Gasteiger partial charge in [0.2, 0.25) is 0 Å². The standard InChI is InChI=1S/C12H15F2NS/c13-9-4-3-8(10(14)7-9)6-11(15)12-2-1-5-16-12/h3-4,7,11-12H,1-2,5-6,15H2. The molecule has 1 aliphatic rings. The second-order valence-electron chi connectivity index (χ2n) is 4.16. The third-order valence-corrected chi connectivity index (χ3v) is 4.45. The van der Waals surface area contributed by atoms with Crippen LogP contribution in [-0.2, 0) is 6.42 Å². The molecule has 16 heavy (non-hydrogen) atoms. The maximum atomic E-state index is 13.4. The first kappa shape index (κ1) is 11.9. The third kappa shape index (κ3) is 2.74. The van der Waals surface area contributed by atoms with Crippen LogP contribution in [0.1, 0.15) is 18.4 Å². The highest BCUT2D eigenvalue weighted by Crippen LogP contribution is 2.29. The average Bonchev–Trinajstić information content (AvgIpc) is 2.75. The molecule has 1 nitrogen and oxygen atoms in total. The van der Waals surface area contributed by atoms with Gasteiger partial charge in [-0.25, -0.2) is 8.78 Å². The average molecular weight is 243 g/mol. The zero-order valence-corrected chi connectivity index (χ0v) is 9.77. The Morgan fingerprint density at radius 1 is 1.44 bits per heavy atom. The Balaban J connectivity index is 2.02. The van der Waals surface area contributed by atoms with Crippen LogP contribution >= 0.6 is 11.8 Å². The lowest BCUT2D eigenvalue weighted by atomic mass is 10.0.